The number of fused-ring (bicyclic) bond motifs is 4. The quantitative estimate of drug-likeness (QED) is 0.463. The maximum Gasteiger partial charge on any atom is 0.164 e. The summed E-state index contributed by atoms with van der Waals surface area (Å²) in [7, 11) is 9.43. The fourth-order valence-corrected chi connectivity index (χ4v) is 7.18. The molecule has 10 atom stereocenters. The summed E-state index contributed by atoms with van der Waals surface area (Å²) in [5.41, 5.74) is -0.109. The minimum atomic E-state index is -0.836. The number of ether oxygens (including phenoxy) is 5. The first kappa shape index (κ1) is 33.4. The molecule has 3 fully saturated rings. The molecule has 5 aliphatic heterocycles. The maximum absolute atomic E-state index is 9.98. The molecule has 5 rings (SSSR count). The maximum atomic E-state index is 9.98. The third kappa shape index (κ3) is 7.66. The second-order valence-electron chi connectivity index (χ2n) is 11.2. The van der Waals surface area contributed by atoms with Crippen LogP contribution in [0.25, 0.3) is 0 Å². The van der Waals surface area contributed by atoms with Gasteiger partial charge in [-0.2, -0.15) is 0 Å². The Morgan fingerprint density at radius 3 is 1.80 bits per heavy atom. The van der Waals surface area contributed by atoms with Gasteiger partial charge < -0.3 is 43.7 Å². The summed E-state index contributed by atoms with van der Waals surface area (Å²) >= 11 is 3.20. The van der Waals surface area contributed by atoms with E-state index in [0.717, 1.165) is 22.5 Å². The van der Waals surface area contributed by atoms with Gasteiger partial charge in [0.05, 0.1) is 25.1 Å². The number of rotatable bonds is 3. The van der Waals surface area contributed by atoms with Gasteiger partial charge in [-0.3, -0.25) is 9.98 Å². The SMILES string of the molecule is C=C(C)OC.CC[C@H]1O[C@@H]2SC(N(C)C)=N[C@@H]2[C@@H](O)[C@@H]1O.CC[C@H]1O[C@@H]2SC(N(C)C)=N[C@@H]2[C@H]2OC(C)(C)O[C@@H]21. The molecule has 0 amide bonds. The van der Waals surface area contributed by atoms with Crippen molar-refractivity contribution in [3.05, 3.63) is 12.3 Å². The van der Waals surface area contributed by atoms with E-state index in [1.54, 1.807) is 25.8 Å². The topological polar surface area (TPSA) is 118 Å². The molecule has 230 valence electrons. The van der Waals surface area contributed by atoms with Crippen molar-refractivity contribution < 1.29 is 33.9 Å². The Morgan fingerprint density at radius 1 is 0.875 bits per heavy atom. The first-order valence-corrected chi connectivity index (χ1v) is 15.5. The van der Waals surface area contributed by atoms with Crippen LogP contribution in [-0.2, 0) is 23.7 Å². The van der Waals surface area contributed by atoms with E-state index in [2.05, 4.69) is 23.2 Å². The Kier molecular flexibility index (Phi) is 11.7. The first-order valence-electron chi connectivity index (χ1n) is 13.8. The summed E-state index contributed by atoms with van der Waals surface area (Å²) in [4.78, 5) is 13.1. The summed E-state index contributed by atoms with van der Waals surface area (Å²) < 4.78 is 28.6. The van der Waals surface area contributed by atoms with E-state index in [1.807, 2.05) is 58.8 Å². The standard InChI is InChI=1S/C13H22N2O3S.C10H18N2O3S.C4H8O/c1-6-7-9-10(18-13(2,3)17-9)8-11(16-7)19-12(14-8)15(4)5;1-4-5-7(13)8(14)6-9(15-5)16-10(11-6)12(2)3;1-4(2)5-3/h7-11H,6H2,1-5H3;5-9,13-14H,4H2,1-3H3;1H2,2-3H3/t7-,8-,9-,10-,11-;5-,6-,7-,8-,9-;/m11./s1. The molecule has 0 radical (unpaired) electrons. The Labute approximate surface area is 247 Å². The normalized spacial score (nSPS) is 38.7. The fraction of sp³-hybridized carbons (Fsp3) is 0.852. The van der Waals surface area contributed by atoms with Crippen LogP contribution in [0.5, 0.6) is 0 Å². The minimum Gasteiger partial charge on any atom is -0.502 e. The van der Waals surface area contributed by atoms with Gasteiger partial charge in [-0.1, -0.05) is 44.0 Å². The summed E-state index contributed by atoms with van der Waals surface area (Å²) in [5, 5.41) is 21.7. The molecular formula is C27H48N4O7S2. The lowest BCUT2D eigenvalue weighted by atomic mass is 9.97. The molecule has 5 aliphatic rings. The summed E-state index contributed by atoms with van der Waals surface area (Å²) in [6.45, 7) is 13.3. The third-order valence-electron chi connectivity index (χ3n) is 7.00. The van der Waals surface area contributed by atoms with Crippen LogP contribution in [0.2, 0.25) is 0 Å². The van der Waals surface area contributed by atoms with Gasteiger partial charge in [0.15, 0.2) is 16.1 Å². The van der Waals surface area contributed by atoms with E-state index in [0.29, 0.717) is 6.42 Å². The van der Waals surface area contributed by atoms with Gasteiger partial charge in [0.2, 0.25) is 0 Å². The highest BCUT2D eigenvalue weighted by molar-refractivity contribution is 8.14. The zero-order valence-electron chi connectivity index (χ0n) is 25.4. The summed E-state index contributed by atoms with van der Waals surface area (Å²) in [6, 6.07) is -0.308. The highest BCUT2D eigenvalue weighted by Gasteiger charge is 2.57. The van der Waals surface area contributed by atoms with E-state index >= 15 is 0 Å². The van der Waals surface area contributed by atoms with Crippen molar-refractivity contribution in [1.82, 2.24) is 9.80 Å². The molecule has 0 saturated carbocycles. The zero-order chi connectivity index (χ0) is 29.9. The lowest BCUT2D eigenvalue weighted by Crippen LogP contribution is -2.54. The van der Waals surface area contributed by atoms with E-state index in [9.17, 15) is 10.2 Å². The smallest absolute Gasteiger partial charge is 0.164 e. The molecule has 0 aromatic heterocycles. The van der Waals surface area contributed by atoms with Gasteiger partial charge in [-0.25, -0.2) is 0 Å². The van der Waals surface area contributed by atoms with Crippen molar-refractivity contribution in [2.45, 2.75) is 113 Å². The van der Waals surface area contributed by atoms with Gasteiger partial charge in [-0.15, -0.1) is 0 Å². The van der Waals surface area contributed by atoms with Gasteiger partial charge in [0, 0.05) is 28.2 Å². The monoisotopic (exact) mass is 604 g/mol. The van der Waals surface area contributed by atoms with Crippen molar-refractivity contribution in [2.24, 2.45) is 9.98 Å². The molecule has 0 unspecified atom stereocenters. The molecule has 0 aromatic carbocycles. The van der Waals surface area contributed by atoms with Gasteiger partial charge in [0.25, 0.3) is 0 Å². The second kappa shape index (κ2) is 13.9. The molecule has 0 spiro atoms. The van der Waals surface area contributed by atoms with Crippen LogP contribution in [0, 0.1) is 0 Å². The predicted octanol–water partition coefficient (Wildman–Crippen LogP) is 2.72. The van der Waals surface area contributed by atoms with E-state index in [1.165, 1.54) is 11.8 Å². The van der Waals surface area contributed by atoms with Crippen molar-refractivity contribution in [3.8, 4) is 0 Å². The van der Waals surface area contributed by atoms with Crippen molar-refractivity contribution in [3.63, 3.8) is 0 Å². The molecule has 3 saturated heterocycles. The van der Waals surface area contributed by atoms with Crippen molar-refractivity contribution in [2.75, 3.05) is 35.3 Å². The number of thioether (sulfide) groups is 2. The third-order valence-corrected chi connectivity index (χ3v) is 9.61. The fourth-order valence-electron chi connectivity index (χ4n) is 4.87. The number of aliphatic hydroxyl groups is 2. The number of methoxy groups -OCH3 is 1. The molecule has 2 N–H and O–H groups in total. The molecule has 13 heteroatoms. The highest BCUT2D eigenvalue weighted by Crippen LogP contribution is 2.45. The Bertz CT molecular complexity index is 935. The lowest BCUT2D eigenvalue weighted by molar-refractivity contribution is -0.154. The highest BCUT2D eigenvalue weighted by atomic mass is 32.2. The van der Waals surface area contributed by atoms with Crippen LogP contribution in [0.3, 0.4) is 0 Å². The van der Waals surface area contributed by atoms with Crippen molar-refractivity contribution in [1.29, 1.82) is 0 Å². The van der Waals surface area contributed by atoms with Crippen LogP contribution in [0.15, 0.2) is 22.3 Å². The number of aliphatic hydroxyl groups excluding tert-OH is 2. The Balaban J connectivity index is 0.000000191. The van der Waals surface area contributed by atoms with Gasteiger partial charge in [0.1, 0.15) is 47.4 Å². The number of hydrogen-bond donors (Lipinski definition) is 2. The number of hydrogen-bond acceptors (Lipinski definition) is 13. The van der Waals surface area contributed by atoms with E-state index < -0.39 is 18.0 Å². The molecule has 5 heterocycles. The van der Waals surface area contributed by atoms with Gasteiger partial charge in [-0.05, 0) is 33.6 Å². The Morgan fingerprint density at radius 2 is 1.32 bits per heavy atom. The summed E-state index contributed by atoms with van der Waals surface area (Å²) in [6.07, 6.45) is -0.236. The second-order valence-corrected chi connectivity index (χ2v) is 13.3. The van der Waals surface area contributed by atoms with E-state index in [4.69, 9.17) is 23.9 Å². The average molecular weight is 605 g/mol. The predicted molar refractivity (Wildman–Crippen MR) is 161 cm³/mol. The van der Waals surface area contributed by atoms with Gasteiger partial charge >= 0.3 is 0 Å². The lowest BCUT2D eigenvalue weighted by Gasteiger charge is -2.37. The van der Waals surface area contributed by atoms with Crippen LogP contribution in [0.4, 0.5) is 0 Å². The first-order chi connectivity index (χ1) is 18.7. The molecule has 11 nitrogen and oxygen atoms in total. The number of allylic oxidation sites excluding steroid dienone is 1. The minimum absolute atomic E-state index is 0.00338. The summed E-state index contributed by atoms with van der Waals surface area (Å²) in [5.74, 6) is 0.215. The van der Waals surface area contributed by atoms with Crippen LogP contribution in [-0.4, -0.2) is 131 Å². The number of amidine groups is 2. The van der Waals surface area contributed by atoms with E-state index in [-0.39, 0.29) is 47.4 Å². The number of aliphatic imine (C=N–C) groups is 2. The van der Waals surface area contributed by atoms with Crippen LogP contribution < -0.4 is 0 Å². The number of nitrogens with zero attached hydrogens (tertiary/aromatic N) is 4. The molecule has 40 heavy (non-hydrogen) atoms. The molecule has 0 aromatic rings. The van der Waals surface area contributed by atoms with Crippen LogP contribution in [0.1, 0.15) is 47.5 Å². The largest absolute Gasteiger partial charge is 0.502 e. The molecular weight excluding hydrogens is 556 g/mol. The average Bonchev–Trinajstić information content (AvgIpc) is 3.60. The molecule has 0 bridgehead atoms. The Hall–Kier alpha value is -1.06. The van der Waals surface area contributed by atoms with Crippen LogP contribution >= 0.6 is 23.5 Å². The molecule has 0 aliphatic carbocycles. The zero-order valence-corrected chi connectivity index (χ0v) is 27.1. The van der Waals surface area contributed by atoms with Crippen molar-refractivity contribution >= 4 is 33.9 Å².